The number of anilines is 3. The molecule has 0 spiro atoms. The SMILES string of the molecule is CCN(CC)c1ccc(NCC(=O)N2c3ccccc3CC2C)c(C)c1. The number of rotatable bonds is 6. The van der Waals surface area contributed by atoms with Gasteiger partial charge in [-0.3, -0.25) is 4.79 Å². The summed E-state index contributed by atoms with van der Waals surface area (Å²) in [5.74, 6) is 0.120. The molecule has 0 radical (unpaired) electrons. The first-order valence-electron chi connectivity index (χ1n) is 9.54. The summed E-state index contributed by atoms with van der Waals surface area (Å²) in [6.07, 6.45) is 0.930. The van der Waals surface area contributed by atoms with Gasteiger partial charge in [0, 0.05) is 36.2 Å². The maximum absolute atomic E-state index is 12.8. The first-order chi connectivity index (χ1) is 12.5. The Morgan fingerprint density at radius 1 is 1.19 bits per heavy atom. The average Bonchev–Trinajstić information content (AvgIpc) is 2.97. The van der Waals surface area contributed by atoms with E-state index in [9.17, 15) is 4.79 Å². The third kappa shape index (κ3) is 3.55. The molecule has 1 aliphatic rings. The topological polar surface area (TPSA) is 35.6 Å². The maximum atomic E-state index is 12.8. The normalized spacial score (nSPS) is 15.7. The van der Waals surface area contributed by atoms with E-state index in [1.165, 1.54) is 11.3 Å². The fraction of sp³-hybridized carbons (Fsp3) is 0.409. The molecule has 4 heteroatoms. The van der Waals surface area contributed by atoms with Crippen molar-refractivity contribution >= 4 is 23.0 Å². The molecule has 3 rings (SSSR count). The van der Waals surface area contributed by atoms with Gasteiger partial charge in [0.1, 0.15) is 0 Å². The zero-order chi connectivity index (χ0) is 18.7. The van der Waals surface area contributed by atoms with E-state index in [1.54, 1.807) is 0 Å². The summed E-state index contributed by atoms with van der Waals surface area (Å²) in [6.45, 7) is 10.8. The second-order valence-electron chi connectivity index (χ2n) is 6.97. The highest BCUT2D eigenvalue weighted by Crippen LogP contribution is 2.32. The standard InChI is InChI=1S/C22H29N3O/c1-5-24(6-2)19-11-12-20(16(3)13-19)23-15-22(26)25-17(4)14-18-9-7-8-10-21(18)25/h7-13,17,23H,5-6,14-15H2,1-4H3. The number of benzene rings is 2. The van der Waals surface area contributed by atoms with Crippen molar-refractivity contribution in [2.45, 2.75) is 40.2 Å². The molecule has 2 aromatic carbocycles. The number of hydrogen-bond donors (Lipinski definition) is 1. The van der Waals surface area contributed by atoms with Gasteiger partial charge in [-0.15, -0.1) is 0 Å². The highest BCUT2D eigenvalue weighted by molar-refractivity contribution is 5.98. The van der Waals surface area contributed by atoms with Gasteiger partial charge in [-0.2, -0.15) is 0 Å². The summed E-state index contributed by atoms with van der Waals surface area (Å²) < 4.78 is 0. The van der Waals surface area contributed by atoms with Crippen LogP contribution < -0.4 is 15.1 Å². The zero-order valence-electron chi connectivity index (χ0n) is 16.2. The Hall–Kier alpha value is -2.49. The number of nitrogens with zero attached hydrogens (tertiary/aromatic N) is 2. The molecule has 4 nitrogen and oxygen atoms in total. The van der Waals surface area contributed by atoms with Crippen molar-refractivity contribution in [3.8, 4) is 0 Å². The van der Waals surface area contributed by atoms with E-state index in [-0.39, 0.29) is 11.9 Å². The van der Waals surface area contributed by atoms with E-state index in [1.807, 2.05) is 23.1 Å². The van der Waals surface area contributed by atoms with Crippen LogP contribution in [0.1, 0.15) is 31.9 Å². The van der Waals surface area contributed by atoms with E-state index in [0.717, 1.165) is 36.4 Å². The highest BCUT2D eigenvalue weighted by atomic mass is 16.2. The molecule has 138 valence electrons. The number of carbonyl (C=O) groups is 1. The lowest BCUT2D eigenvalue weighted by atomic mass is 10.1. The summed E-state index contributed by atoms with van der Waals surface area (Å²) in [7, 11) is 0. The van der Waals surface area contributed by atoms with Gasteiger partial charge < -0.3 is 15.1 Å². The second-order valence-corrected chi connectivity index (χ2v) is 6.97. The van der Waals surface area contributed by atoms with Crippen molar-refractivity contribution in [1.29, 1.82) is 0 Å². The molecular formula is C22H29N3O. The Bertz CT molecular complexity index is 783. The van der Waals surface area contributed by atoms with Crippen molar-refractivity contribution in [2.75, 3.05) is 34.8 Å². The monoisotopic (exact) mass is 351 g/mol. The molecular weight excluding hydrogens is 322 g/mol. The predicted octanol–water partition coefficient (Wildman–Crippen LogP) is 4.23. The van der Waals surface area contributed by atoms with Gasteiger partial charge in [-0.05, 0) is 69.5 Å². The molecule has 0 aliphatic carbocycles. The molecule has 2 aromatic rings. The lowest BCUT2D eigenvalue weighted by Crippen LogP contribution is -2.39. The van der Waals surface area contributed by atoms with E-state index >= 15 is 0 Å². The number of aryl methyl sites for hydroxylation is 1. The molecule has 0 fully saturated rings. The van der Waals surface area contributed by atoms with Crippen LogP contribution in [0.5, 0.6) is 0 Å². The Morgan fingerprint density at radius 3 is 2.62 bits per heavy atom. The number of para-hydroxylation sites is 1. The van der Waals surface area contributed by atoms with Gasteiger partial charge >= 0.3 is 0 Å². The maximum Gasteiger partial charge on any atom is 0.246 e. The third-order valence-electron chi connectivity index (χ3n) is 5.24. The molecule has 1 heterocycles. The molecule has 1 amide bonds. The minimum Gasteiger partial charge on any atom is -0.376 e. The number of hydrogen-bond acceptors (Lipinski definition) is 3. The van der Waals surface area contributed by atoms with Crippen LogP contribution in [0.3, 0.4) is 0 Å². The quantitative estimate of drug-likeness (QED) is 0.846. The molecule has 1 N–H and O–H groups in total. The summed E-state index contributed by atoms with van der Waals surface area (Å²) in [4.78, 5) is 17.1. The lowest BCUT2D eigenvalue weighted by molar-refractivity contribution is -0.117. The fourth-order valence-electron chi connectivity index (χ4n) is 3.83. The Balaban J connectivity index is 1.68. The van der Waals surface area contributed by atoms with Crippen LogP contribution in [0.15, 0.2) is 42.5 Å². The molecule has 1 unspecified atom stereocenters. The Morgan fingerprint density at radius 2 is 1.92 bits per heavy atom. The lowest BCUT2D eigenvalue weighted by Gasteiger charge is -2.24. The average molecular weight is 351 g/mol. The minimum absolute atomic E-state index is 0.120. The molecule has 0 bridgehead atoms. The minimum atomic E-state index is 0.120. The third-order valence-corrected chi connectivity index (χ3v) is 5.24. The van der Waals surface area contributed by atoms with Crippen LogP contribution in [0.25, 0.3) is 0 Å². The molecule has 0 aromatic heterocycles. The summed E-state index contributed by atoms with van der Waals surface area (Å²) in [5.41, 5.74) is 5.73. The van der Waals surface area contributed by atoms with Crippen molar-refractivity contribution in [3.63, 3.8) is 0 Å². The van der Waals surface area contributed by atoms with Crippen molar-refractivity contribution < 1.29 is 4.79 Å². The largest absolute Gasteiger partial charge is 0.376 e. The van der Waals surface area contributed by atoms with Gasteiger partial charge in [-0.25, -0.2) is 0 Å². The van der Waals surface area contributed by atoms with Crippen LogP contribution in [-0.2, 0) is 11.2 Å². The number of nitrogens with one attached hydrogen (secondary N) is 1. The van der Waals surface area contributed by atoms with Crippen molar-refractivity contribution in [2.24, 2.45) is 0 Å². The number of carbonyl (C=O) groups excluding carboxylic acids is 1. The first-order valence-corrected chi connectivity index (χ1v) is 9.54. The van der Waals surface area contributed by atoms with E-state index in [0.29, 0.717) is 6.54 Å². The molecule has 1 aliphatic heterocycles. The Labute approximate surface area is 156 Å². The predicted molar refractivity (Wildman–Crippen MR) is 110 cm³/mol. The highest BCUT2D eigenvalue weighted by Gasteiger charge is 2.30. The van der Waals surface area contributed by atoms with Gasteiger partial charge in [-0.1, -0.05) is 18.2 Å². The Kier molecular flexibility index (Phi) is 5.50. The molecule has 0 saturated heterocycles. The summed E-state index contributed by atoms with van der Waals surface area (Å²) in [5, 5.41) is 3.33. The van der Waals surface area contributed by atoms with Gasteiger partial charge in [0.15, 0.2) is 0 Å². The molecule has 0 saturated carbocycles. The van der Waals surface area contributed by atoms with Gasteiger partial charge in [0.25, 0.3) is 0 Å². The second kappa shape index (κ2) is 7.81. The van der Waals surface area contributed by atoms with E-state index in [4.69, 9.17) is 0 Å². The van der Waals surface area contributed by atoms with Crippen LogP contribution in [0.2, 0.25) is 0 Å². The van der Waals surface area contributed by atoms with Gasteiger partial charge in [0.2, 0.25) is 5.91 Å². The summed E-state index contributed by atoms with van der Waals surface area (Å²) in [6, 6.07) is 14.8. The van der Waals surface area contributed by atoms with E-state index in [2.05, 4.69) is 62.2 Å². The first kappa shape index (κ1) is 18.3. The zero-order valence-corrected chi connectivity index (χ0v) is 16.2. The van der Waals surface area contributed by atoms with Crippen molar-refractivity contribution in [3.05, 3.63) is 53.6 Å². The fourth-order valence-corrected chi connectivity index (χ4v) is 3.83. The molecule has 26 heavy (non-hydrogen) atoms. The van der Waals surface area contributed by atoms with E-state index < -0.39 is 0 Å². The summed E-state index contributed by atoms with van der Waals surface area (Å²) >= 11 is 0. The number of amides is 1. The van der Waals surface area contributed by atoms with Crippen LogP contribution in [0.4, 0.5) is 17.1 Å². The number of fused-ring (bicyclic) bond motifs is 1. The van der Waals surface area contributed by atoms with Crippen LogP contribution in [-0.4, -0.2) is 31.6 Å². The molecule has 1 atom stereocenters. The smallest absolute Gasteiger partial charge is 0.246 e. The van der Waals surface area contributed by atoms with Crippen LogP contribution in [0, 0.1) is 6.92 Å². The van der Waals surface area contributed by atoms with Gasteiger partial charge in [0.05, 0.1) is 6.54 Å². The van der Waals surface area contributed by atoms with Crippen molar-refractivity contribution in [1.82, 2.24) is 0 Å². The van der Waals surface area contributed by atoms with Crippen LogP contribution >= 0.6 is 0 Å².